The lowest BCUT2D eigenvalue weighted by molar-refractivity contribution is 0.448. The zero-order valence-electron chi connectivity index (χ0n) is 6.34. The Morgan fingerprint density at radius 2 is 2.08 bits per heavy atom. The molecule has 0 aromatic carbocycles. The summed E-state index contributed by atoms with van der Waals surface area (Å²) >= 11 is 1.72. The van der Waals surface area contributed by atoms with Crippen molar-refractivity contribution >= 4 is 29.2 Å². The Kier molecular flexibility index (Phi) is 3.73. The summed E-state index contributed by atoms with van der Waals surface area (Å²) in [6, 6.07) is 6.06. The van der Waals surface area contributed by atoms with Crippen LogP contribution in [-0.4, -0.2) is 22.7 Å². The lowest BCUT2D eigenvalue weighted by atomic mass is 10.4. The van der Waals surface area contributed by atoms with Crippen LogP contribution in [0.25, 0.3) is 10.2 Å². The van der Waals surface area contributed by atoms with Gasteiger partial charge in [-0.3, -0.25) is 4.98 Å². The number of fused-ring (bicyclic) bond motifs is 1. The molecule has 2 aromatic heterocycles. The minimum absolute atomic E-state index is 0.750. The predicted octanol–water partition coefficient (Wildman–Crippen LogP) is 0.534. The number of nitrogens with zero attached hydrogens (tertiary/aromatic N) is 1. The van der Waals surface area contributed by atoms with Crippen LogP contribution in [0, 0.1) is 0 Å². The molecule has 0 saturated heterocycles. The Labute approximate surface area is 74.6 Å². The summed E-state index contributed by atoms with van der Waals surface area (Å²) in [5, 5.41) is 16.3. The lowest BCUT2D eigenvalue weighted by Gasteiger charge is -1.81. The number of rotatable bonds is 0. The number of hydrogen-bond donors (Lipinski definition) is 2. The van der Waals surface area contributed by atoms with Gasteiger partial charge in [0.1, 0.15) is 0 Å². The molecule has 0 aliphatic carbocycles. The molecule has 2 N–H and O–H groups in total. The van der Waals surface area contributed by atoms with Crippen molar-refractivity contribution in [2.24, 2.45) is 0 Å². The van der Waals surface area contributed by atoms with Gasteiger partial charge in [-0.05, 0) is 23.6 Å². The first-order valence-electron chi connectivity index (χ1n) is 3.38. The Balaban J connectivity index is 0.000000213. The molecule has 0 aliphatic rings. The third-order valence-electron chi connectivity index (χ3n) is 1.22. The summed E-state index contributed by atoms with van der Waals surface area (Å²) in [6.45, 7) is 0. The molecule has 0 aliphatic heterocycles. The van der Waals surface area contributed by atoms with E-state index in [-0.39, 0.29) is 0 Å². The average molecular weight is 181 g/mol. The molecule has 0 unspecified atom stereocenters. The van der Waals surface area contributed by atoms with Crippen LogP contribution in [-0.2, 0) is 0 Å². The average Bonchev–Trinajstić information content (AvgIpc) is 2.52. The molecule has 0 radical (unpaired) electrons. The van der Waals surface area contributed by atoms with Crippen LogP contribution in [0.1, 0.15) is 0 Å². The maximum atomic E-state index is 7.12. The topological polar surface area (TPSA) is 53.4 Å². The maximum Gasteiger partial charge on any atom is 0.432 e. The quantitative estimate of drug-likeness (QED) is 0.583. The molecule has 0 amide bonds. The number of hydrogen-bond acceptors (Lipinski definition) is 4. The molecule has 2 aromatic rings. The molecule has 0 fully saturated rings. The molecular formula is C7H8BNO2S. The third-order valence-corrected chi connectivity index (χ3v) is 2.09. The number of thiophene rings is 1. The van der Waals surface area contributed by atoms with Gasteiger partial charge in [0.25, 0.3) is 0 Å². The zero-order chi connectivity index (χ0) is 8.81. The molecule has 12 heavy (non-hydrogen) atoms. The van der Waals surface area contributed by atoms with Crippen molar-refractivity contribution in [3.63, 3.8) is 0 Å². The second-order valence-corrected chi connectivity index (χ2v) is 2.90. The Hall–Kier alpha value is -0.905. The van der Waals surface area contributed by atoms with Crippen LogP contribution in [0.4, 0.5) is 0 Å². The summed E-state index contributed by atoms with van der Waals surface area (Å²) < 4.78 is 1.26. The van der Waals surface area contributed by atoms with Gasteiger partial charge in [-0.2, -0.15) is 0 Å². The molecule has 0 saturated carbocycles. The van der Waals surface area contributed by atoms with E-state index >= 15 is 0 Å². The van der Waals surface area contributed by atoms with Crippen molar-refractivity contribution in [2.75, 3.05) is 0 Å². The Bertz CT molecular complexity index is 308. The molecular weight excluding hydrogens is 173 g/mol. The van der Waals surface area contributed by atoms with Crippen molar-refractivity contribution in [2.45, 2.75) is 0 Å². The van der Waals surface area contributed by atoms with Crippen molar-refractivity contribution in [1.82, 2.24) is 4.98 Å². The normalized spacial score (nSPS) is 8.83. The largest absolute Gasteiger partial charge is 0.432 e. The van der Waals surface area contributed by atoms with Crippen molar-refractivity contribution in [3.05, 3.63) is 29.8 Å². The highest BCUT2D eigenvalue weighted by Crippen LogP contribution is 2.16. The van der Waals surface area contributed by atoms with Gasteiger partial charge in [0.05, 0.1) is 10.2 Å². The first-order chi connectivity index (χ1) is 5.88. The fourth-order valence-electron chi connectivity index (χ4n) is 0.799. The van der Waals surface area contributed by atoms with Crippen molar-refractivity contribution < 1.29 is 10.0 Å². The highest BCUT2D eigenvalue weighted by molar-refractivity contribution is 7.17. The third kappa shape index (κ3) is 2.30. The van der Waals surface area contributed by atoms with E-state index in [4.69, 9.17) is 10.0 Å². The predicted molar refractivity (Wildman–Crippen MR) is 51.2 cm³/mol. The van der Waals surface area contributed by atoms with Crippen LogP contribution in [0.15, 0.2) is 29.8 Å². The van der Waals surface area contributed by atoms with E-state index in [2.05, 4.69) is 16.4 Å². The van der Waals surface area contributed by atoms with E-state index in [1.807, 2.05) is 18.3 Å². The molecule has 62 valence electrons. The van der Waals surface area contributed by atoms with Gasteiger partial charge in [-0.25, -0.2) is 0 Å². The van der Waals surface area contributed by atoms with Crippen LogP contribution < -0.4 is 0 Å². The van der Waals surface area contributed by atoms with Gasteiger partial charge in [-0.1, -0.05) is 0 Å². The lowest BCUT2D eigenvalue weighted by Crippen LogP contribution is -1.75. The molecule has 2 rings (SSSR count). The first kappa shape index (κ1) is 9.19. The molecule has 2 heterocycles. The van der Waals surface area contributed by atoms with E-state index < -0.39 is 7.69 Å². The van der Waals surface area contributed by atoms with Crippen molar-refractivity contribution in [3.8, 4) is 0 Å². The fourth-order valence-corrected chi connectivity index (χ4v) is 1.54. The Morgan fingerprint density at radius 1 is 1.33 bits per heavy atom. The summed E-state index contributed by atoms with van der Waals surface area (Å²) in [5.41, 5.74) is 1.10. The van der Waals surface area contributed by atoms with Crippen LogP contribution in [0.5, 0.6) is 0 Å². The second-order valence-electron chi connectivity index (χ2n) is 1.95. The summed E-state index contributed by atoms with van der Waals surface area (Å²) in [4.78, 5) is 4.15. The number of pyridine rings is 1. The van der Waals surface area contributed by atoms with Gasteiger partial charge < -0.3 is 10.0 Å². The molecule has 0 bridgehead atoms. The van der Waals surface area contributed by atoms with E-state index in [1.54, 1.807) is 11.3 Å². The summed E-state index contributed by atoms with van der Waals surface area (Å²) in [5.74, 6) is 0. The standard InChI is InChI=1S/C7H5NS.BH3O2/c1-2-7-6(8-4-1)3-5-9-7;2-1-3/h1-5H;1-3H. The zero-order valence-corrected chi connectivity index (χ0v) is 7.16. The summed E-state index contributed by atoms with van der Waals surface area (Å²) in [6.07, 6.45) is 1.81. The van der Waals surface area contributed by atoms with Crippen LogP contribution >= 0.6 is 11.3 Å². The first-order valence-corrected chi connectivity index (χ1v) is 4.26. The minimum Gasteiger partial charge on any atom is -0.430 e. The monoisotopic (exact) mass is 181 g/mol. The SMILES string of the molecule is OBO.c1cnc2ccsc2c1. The number of aromatic nitrogens is 1. The highest BCUT2D eigenvalue weighted by atomic mass is 32.1. The van der Waals surface area contributed by atoms with Gasteiger partial charge >= 0.3 is 7.69 Å². The van der Waals surface area contributed by atoms with Gasteiger partial charge in [0.2, 0.25) is 0 Å². The molecule has 5 heteroatoms. The second kappa shape index (κ2) is 4.87. The van der Waals surface area contributed by atoms with E-state index in [0.717, 1.165) is 5.52 Å². The molecule has 0 spiro atoms. The van der Waals surface area contributed by atoms with Crippen LogP contribution in [0.3, 0.4) is 0 Å². The van der Waals surface area contributed by atoms with E-state index in [1.165, 1.54) is 4.70 Å². The van der Waals surface area contributed by atoms with E-state index in [0.29, 0.717) is 0 Å². The summed E-state index contributed by atoms with van der Waals surface area (Å²) in [7, 11) is -0.750. The van der Waals surface area contributed by atoms with Crippen molar-refractivity contribution in [1.29, 1.82) is 0 Å². The fraction of sp³-hybridized carbons (Fsp3) is 0. The Morgan fingerprint density at radius 3 is 2.75 bits per heavy atom. The molecule has 3 nitrogen and oxygen atoms in total. The highest BCUT2D eigenvalue weighted by Gasteiger charge is 1.89. The van der Waals surface area contributed by atoms with Gasteiger partial charge in [0.15, 0.2) is 0 Å². The van der Waals surface area contributed by atoms with E-state index in [9.17, 15) is 0 Å². The van der Waals surface area contributed by atoms with Gasteiger partial charge in [-0.15, -0.1) is 11.3 Å². The smallest absolute Gasteiger partial charge is 0.430 e. The molecule has 0 atom stereocenters. The maximum absolute atomic E-state index is 7.12. The van der Waals surface area contributed by atoms with Gasteiger partial charge in [0, 0.05) is 6.20 Å². The minimum atomic E-state index is -0.750. The van der Waals surface area contributed by atoms with Crippen LogP contribution in [0.2, 0.25) is 0 Å².